The predicted molar refractivity (Wildman–Crippen MR) is 72.2 cm³/mol. The molecule has 0 aliphatic carbocycles. The van der Waals surface area contributed by atoms with Crippen LogP contribution in [0.15, 0.2) is 41.1 Å². The molecule has 1 N–H and O–H groups in total. The number of hydrogen-bond donors (Lipinski definition) is 1. The minimum atomic E-state index is -0.224. The number of benzene rings is 1. The first-order valence-electron chi connectivity index (χ1n) is 5.57. The predicted octanol–water partition coefficient (Wildman–Crippen LogP) is 2.67. The second kappa shape index (κ2) is 5.60. The van der Waals surface area contributed by atoms with Gasteiger partial charge in [-0.1, -0.05) is 17.7 Å². The number of aryl methyl sites for hydroxylation is 1. The van der Waals surface area contributed by atoms with Crippen LogP contribution < -0.4 is 5.32 Å². The highest BCUT2D eigenvalue weighted by atomic mass is 32.1. The molecule has 0 aliphatic heterocycles. The van der Waals surface area contributed by atoms with Crippen molar-refractivity contribution in [1.29, 1.82) is 0 Å². The van der Waals surface area contributed by atoms with Crippen LogP contribution in [0.3, 0.4) is 0 Å². The number of amides is 1. The summed E-state index contributed by atoms with van der Waals surface area (Å²) in [6.07, 6.45) is 0. The van der Waals surface area contributed by atoms with Gasteiger partial charge in [0.15, 0.2) is 5.78 Å². The highest BCUT2D eigenvalue weighted by Crippen LogP contribution is 2.06. The Balaban J connectivity index is 1.92. The van der Waals surface area contributed by atoms with Crippen molar-refractivity contribution < 1.29 is 9.59 Å². The molecule has 1 amide bonds. The summed E-state index contributed by atoms with van der Waals surface area (Å²) in [5.41, 5.74) is 2.31. The minimum absolute atomic E-state index is 0.0312. The zero-order chi connectivity index (χ0) is 13.0. The van der Waals surface area contributed by atoms with E-state index in [9.17, 15) is 9.59 Å². The molecule has 4 heteroatoms. The van der Waals surface area contributed by atoms with Gasteiger partial charge >= 0.3 is 0 Å². The first kappa shape index (κ1) is 12.5. The fourth-order valence-corrected chi connectivity index (χ4v) is 2.15. The Morgan fingerprint density at radius 1 is 1.11 bits per heavy atom. The molecule has 0 aliphatic rings. The highest BCUT2D eigenvalue weighted by molar-refractivity contribution is 7.08. The number of thiophene rings is 1. The van der Waals surface area contributed by atoms with E-state index in [-0.39, 0.29) is 18.2 Å². The summed E-state index contributed by atoms with van der Waals surface area (Å²) < 4.78 is 0. The summed E-state index contributed by atoms with van der Waals surface area (Å²) in [7, 11) is 0. The van der Waals surface area contributed by atoms with Crippen LogP contribution in [0.2, 0.25) is 0 Å². The molecule has 0 saturated heterocycles. The van der Waals surface area contributed by atoms with Crippen molar-refractivity contribution in [2.45, 2.75) is 6.92 Å². The van der Waals surface area contributed by atoms with Crippen molar-refractivity contribution in [3.05, 3.63) is 57.8 Å². The van der Waals surface area contributed by atoms with Crippen LogP contribution in [0.25, 0.3) is 0 Å². The van der Waals surface area contributed by atoms with Gasteiger partial charge in [0.05, 0.1) is 6.54 Å². The minimum Gasteiger partial charge on any atom is -0.345 e. The van der Waals surface area contributed by atoms with Crippen molar-refractivity contribution in [2.75, 3.05) is 6.54 Å². The van der Waals surface area contributed by atoms with E-state index >= 15 is 0 Å². The Bertz CT molecular complexity index is 544. The highest BCUT2D eigenvalue weighted by Gasteiger charge is 2.09. The van der Waals surface area contributed by atoms with Gasteiger partial charge < -0.3 is 5.32 Å². The first-order valence-corrected chi connectivity index (χ1v) is 6.51. The number of Topliss-reactive ketones (excluding diaryl/α,β-unsaturated/α-hetero) is 1. The summed E-state index contributed by atoms with van der Waals surface area (Å²) in [5, 5.41) is 6.24. The van der Waals surface area contributed by atoms with Crippen LogP contribution in [-0.4, -0.2) is 18.2 Å². The van der Waals surface area contributed by atoms with Gasteiger partial charge in [0.25, 0.3) is 5.91 Å². The lowest BCUT2D eigenvalue weighted by atomic mass is 10.1. The summed E-state index contributed by atoms with van der Waals surface area (Å²) in [6, 6.07) is 9.00. The fraction of sp³-hybridized carbons (Fsp3) is 0.143. The number of carbonyl (C=O) groups excluding carboxylic acids is 2. The Morgan fingerprint density at radius 3 is 2.44 bits per heavy atom. The molecule has 1 heterocycles. The van der Waals surface area contributed by atoms with Gasteiger partial charge in [-0.3, -0.25) is 9.59 Å². The van der Waals surface area contributed by atoms with Gasteiger partial charge in [-0.05, 0) is 30.5 Å². The molecule has 0 fully saturated rings. The molecule has 0 unspecified atom stereocenters. The molecule has 2 aromatic rings. The van der Waals surface area contributed by atoms with Gasteiger partial charge in [0, 0.05) is 16.5 Å². The Hall–Kier alpha value is -1.94. The number of ketones is 1. The maximum atomic E-state index is 11.8. The molecule has 0 atom stereocenters. The average molecular weight is 259 g/mol. The molecule has 0 bridgehead atoms. The maximum Gasteiger partial charge on any atom is 0.251 e. The standard InChI is InChI=1S/C14H13NO2S/c1-10-2-4-11(5-3-10)14(17)15-8-13(16)12-6-7-18-9-12/h2-7,9H,8H2,1H3,(H,15,17). The molecular formula is C14H13NO2S. The summed E-state index contributed by atoms with van der Waals surface area (Å²) >= 11 is 1.47. The van der Waals surface area contributed by atoms with Gasteiger partial charge in [-0.25, -0.2) is 0 Å². The van der Waals surface area contributed by atoms with E-state index < -0.39 is 0 Å². The van der Waals surface area contributed by atoms with Gasteiger partial charge in [-0.2, -0.15) is 11.3 Å². The second-order valence-electron chi connectivity index (χ2n) is 3.98. The van der Waals surface area contributed by atoms with E-state index in [2.05, 4.69) is 5.32 Å². The Labute approximate surface area is 109 Å². The second-order valence-corrected chi connectivity index (χ2v) is 4.76. The molecule has 1 aromatic carbocycles. The summed E-state index contributed by atoms with van der Waals surface area (Å²) in [5.74, 6) is -0.296. The van der Waals surface area contributed by atoms with Crippen LogP contribution >= 0.6 is 11.3 Å². The zero-order valence-electron chi connectivity index (χ0n) is 9.97. The molecule has 18 heavy (non-hydrogen) atoms. The third kappa shape index (κ3) is 3.05. The van der Waals surface area contributed by atoms with E-state index in [0.29, 0.717) is 11.1 Å². The van der Waals surface area contributed by atoms with Gasteiger partial charge in [-0.15, -0.1) is 0 Å². The largest absolute Gasteiger partial charge is 0.345 e. The fourth-order valence-electron chi connectivity index (χ4n) is 1.49. The molecule has 0 saturated carbocycles. The number of carbonyl (C=O) groups is 2. The zero-order valence-corrected chi connectivity index (χ0v) is 10.8. The van der Waals surface area contributed by atoms with E-state index in [1.807, 2.05) is 24.4 Å². The summed E-state index contributed by atoms with van der Waals surface area (Å²) in [6.45, 7) is 1.99. The smallest absolute Gasteiger partial charge is 0.251 e. The molecule has 2 rings (SSSR count). The average Bonchev–Trinajstić information content (AvgIpc) is 2.90. The van der Waals surface area contributed by atoms with E-state index in [4.69, 9.17) is 0 Å². The SMILES string of the molecule is Cc1ccc(C(=O)NCC(=O)c2ccsc2)cc1. The Morgan fingerprint density at radius 2 is 1.83 bits per heavy atom. The van der Waals surface area contributed by atoms with Crippen molar-refractivity contribution in [3.8, 4) is 0 Å². The quantitative estimate of drug-likeness (QED) is 0.858. The normalized spacial score (nSPS) is 10.1. The lowest BCUT2D eigenvalue weighted by molar-refractivity contribution is 0.0904. The molecular weight excluding hydrogens is 246 g/mol. The number of rotatable bonds is 4. The Kier molecular flexibility index (Phi) is 3.89. The first-order chi connectivity index (χ1) is 8.66. The molecule has 92 valence electrons. The van der Waals surface area contributed by atoms with Crippen molar-refractivity contribution in [1.82, 2.24) is 5.32 Å². The van der Waals surface area contributed by atoms with Crippen LogP contribution in [0, 0.1) is 6.92 Å². The third-order valence-corrected chi connectivity index (χ3v) is 3.25. The monoisotopic (exact) mass is 259 g/mol. The number of nitrogens with one attached hydrogen (secondary N) is 1. The number of hydrogen-bond acceptors (Lipinski definition) is 3. The summed E-state index contributed by atoms with van der Waals surface area (Å²) in [4.78, 5) is 23.5. The van der Waals surface area contributed by atoms with Crippen molar-refractivity contribution >= 4 is 23.0 Å². The van der Waals surface area contributed by atoms with Crippen LogP contribution in [0.1, 0.15) is 26.3 Å². The molecule has 3 nitrogen and oxygen atoms in total. The third-order valence-electron chi connectivity index (χ3n) is 2.57. The van der Waals surface area contributed by atoms with E-state index in [0.717, 1.165) is 5.56 Å². The molecule has 1 aromatic heterocycles. The van der Waals surface area contributed by atoms with E-state index in [1.165, 1.54) is 11.3 Å². The van der Waals surface area contributed by atoms with E-state index in [1.54, 1.807) is 23.6 Å². The molecule has 0 spiro atoms. The maximum absolute atomic E-state index is 11.8. The molecule has 0 radical (unpaired) electrons. The van der Waals surface area contributed by atoms with Gasteiger partial charge in [0.1, 0.15) is 0 Å². The van der Waals surface area contributed by atoms with Gasteiger partial charge in [0.2, 0.25) is 0 Å². The lowest BCUT2D eigenvalue weighted by Crippen LogP contribution is -2.29. The van der Waals surface area contributed by atoms with Crippen LogP contribution in [-0.2, 0) is 0 Å². The van der Waals surface area contributed by atoms with Crippen molar-refractivity contribution in [3.63, 3.8) is 0 Å². The van der Waals surface area contributed by atoms with Crippen LogP contribution in [0.5, 0.6) is 0 Å². The van der Waals surface area contributed by atoms with Crippen molar-refractivity contribution in [2.24, 2.45) is 0 Å². The lowest BCUT2D eigenvalue weighted by Gasteiger charge is -2.04. The van der Waals surface area contributed by atoms with Crippen LogP contribution in [0.4, 0.5) is 0 Å². The topological polar surface area (TPSA) is 46.2 Å².